The molecule has 1 heterocycles. The van der Waals surface area contributed by atoms with Crippen molar-refractivity contribution >= 4 is 0 Å². The van der Waals surface area contributed by atoms with Crippen LogP contribution in [0.2, 0.25) is 0 Å². The maximum atomic E-state index is 12.5. The fraction of sp³-hybridized carbons (Fsp3) is 0.357. The molecule has 1 aromatic carbocycles. The molecule has 0 amide bonds. The number of halogens is 2. The average molecular weight is 266 g/mol. The number of benzene rings is 1. The van der Waals surface area contributed by atoms with Crippen LogP contribution in [0.5, 0.6) is 0 Å². The van der Waals surface area contributed by atoms with Gasteiger partial charge in [0.15, 0.2) is 0 Å². The van der Waals surface area contributed by atoms with E-state index >= 15 is 0 Å². The van der Waals surface area contributed by atoms with Crippen LogP contribution < -0.4 is 0 Å². The number of aliphatic hydroxyl groups is 1. The van der Waals surface area contributed by atoms with Crippen molar-refractivity contribution in [3.63, 3.8) is 0 Å². The van der Waals surface area contributed by atoms with Crippen molar-refractivity contribution in [1.29, 1.82) is 0 Å². The molecule has 0 aliphatic rings. The van der Waals surface area contributed by atoms with E-state index in [-0.39, 0.29) is 5.56 Å². The quantitative estimate of drug-likeness (QED) is 0.901. The monoisotopic (exact) mass is 266 g/mol. The van der Waals surface area contributed by atoms with Crippen LogP contribution in [0.25, 0.3) is 0 Å². The highest BCUT2D eigenvalue weighted by Crippen LogP contribution is 2.25. The lowest BCUT2D eigenvalue weighted by molar-refractivity contribution is 0.151. The minimum atomic E-state index is -2.49. The van der Waals surface area contributed by atoms with E-state index in [0.717, 1.165) is 6.42 Å². The van der Waals surface area contributed by atoms with Gasteiger partial charge in [-0.05, 0) is 18.1 Å². The van der Waals surface area contributed by atoms with E-state index in [1.807, 2.05) is 6.92 Å². The first-order valence-corrected chi connectivity index (χ1v) is 6.21. The predicted octanol–water partition coefficient (Wildman–Crippen LogP) is 3.31. The third-order valence-electron chi connectivity index (χ3n) is 2.97. The van der Waals surface area contributed by atoms with Crippen molar-refractivity contribution in [3.05, 3.63) is 53.3 Å². The summed E-state index contributed by atoms with van der Waals surface area (Å²) in [5.41, 5.74) is 1.21. The Morgan fingerprint density at radius 2 is 1.79 bits per heavy atom. The molecule has 2 aromatic rings. The zero-order chi connectivity index (χ0) is 13.8. The van der Waals surface area contributed by atoms with E-state index < -0.39 is 12.5 Å². The summed E-state index contributed by atoms with van der Waals surface area (Å²) in [6.07, 6.45) is -0.800. The smallest absolute Gasteiger partial charge is 0.263 e. The summed E-state index contributed by atoms with van der Waals surface area (Å²) in [5, 5.41) is 14.4. The van der Waals surface area contributed by atoms with E-state index in [4.69, 9.17) is 0 Å². The Morgan fingerprint density at radius 1 is 1.16 bits per heavy atom. The zero-order valence-corrected chi connectivity index (χ0v) is 10.6. The van der Waals surface area contributed by atoms with Crippen molar-refractivity contribution in [2.75, 3.05) is 0 Å². The Morgan fingerprint density at radius 3 is 2.37 bits per heavy atom. The SMILES string of the molecule is CCCn1nccc1C(O)c1ccc(C(F)F)cc1. The van der Waals surface area contributed by atoms with Crippen molar-refractivity contribution in [2.24, 2.45) is 0 Å². The number of alkyl halides is 2. The Labute approximate surface area is 110 Å². The molecule has 19 heavy (non-hydrogen) atoms. The summed E-state index contributed by atoms with van der Waals surface area (Å²) in [5.74, 6) is 0. The molecule has 0 aliphatic carbocycles. The first-order valence-electron chi connectivity index (χ1n) is 6.21. The molecule has 2 rings (SSSR count). The molecule has 0 fully saturated rings. The summed E-state index contributed by atoms with van der Waals surface area (Å²) in [6.45, 7) is 2.74. The second-order valence-electron chi connectivity index (χ2n) is 4.35. The number of rotatable bonds is 5. The van der Waals surface area contributed by atoms with E-state index in [9.17, 15) is 13.9 Å². The molecular weight excluding hydrogens is 250 g/mol. The molecule has 0 radical (unpaired) electrons. The number of aryl methyl sites for hydroxylation is 1. The summed E-state index contributed by atoms with van der Waals surface area (Å²) in [4.78, 5) is 0. The zero-order valence-electron chi connectivity index (χ0n) is 10.6. The molecule has 0 bridgehead atoms. The van der Waals surface area contributed by atoms with Crippen LogP contribution in [0, 0.1) is 0 Å². The molecule has 1 N–H and O–H groups in total. The van der Waals surface area contributed by atoms with Gasteiger partial charge in [0, 0.05) is 18.3 Å². The lowest BCUT2D eigenvalue weighted by Gasteiger charge is -2.14. The van der Waals surface area contributed by atoms with Crippen molar-refractivity contribution in [2.45, 2.75) is 32.4 Å². The highest BCUT2D eigenvalue weighted by molar-refractivity contribution is 5.29. The number of hydrogen-bond acceptors (Lipinski definition) is 2. The molecule has 1 aromatic heterocycles. The van der Waals surface area contributed by atoms with Gasteiger partial charge >= 0.3 is 0 Å². The fourth-order valence-electron chi connectivity index (χ4n) is 1.97. The Balaban J connectivity index is 2.23. The fourth-order valence-corrected chi connectivity index (χ4v) is 1.97. The van der Waals surface area contributed by atoms with E-state index in [0.29, 0.717) is 17.8 Å². The maximum absolute atomic E-state index is 12.5. The molecule has 3 nitrogen and oxygen atoms in total. The summed E-state index contributed by atoms with van der Waals surface area (Å²) in [6, 6.07) is 7.46. The number of aromatic nitrogens is 2. The molecule has 102 valence electrons. The second-order valence-corrected chi connectivity index (χ2v) is 4.35. The Bertz CT molecular complexity index is 522. The molecule has 0 saturated carbocycles. The van der Waals surface area contributed by atoms with Crippen molar-refractivity contribution in [3.8, 4) is 0 Å². The third-order valence-corrected chi connectivity index (χ3v) is 2.97. The number of hydrogen-bond donors (Lipinski definition) is 1. The third kappa shape index (κ3) is 2.98. The average Bonchev–Trinajstić information content (AvgIpc) is 2.87. The molecule has 5 heteroatoms. The van der Waals surface area contributed by atoms with Gasteiger partial charge in [0.05, 0.1) is 5.69 Å². The number of aliphatic hydroxyl groups excluding tert-OH is 1. The molecule has 0 saturated heterocycles. The molecule has 0 aliphatic heterocycles. The van der Waals surface area contributed by atoms with Gasteiger partial charge in [-0.3, -0.25) is 4.68 Å². The van der Waals surface area contributed by atoms with Gasteiger partial charge in [0.1, 0.15) is 6.10 Å². The van der Waals surface area contributed by atoms with Gasteiger partial charge in [0.25, 0.3) is 6.43 Å². The van der Waals surface area contributed by atoms with Crippen LogP contribution >= 0.6 is 0 Å². The highest BCUT2D eigenvalue weighted by atomic mass is 19.3. The van der Waals surface area contributed by atoms with Gasteiger partial charge < -0.3 is 5.11 Å². The van der Waals surface area contributed by atoms with Crippen LogP contribution in [0.15, 0.2) is 36.5 Å². The first kappa shape index (κ1) is 13.7. The normalized spacial score (nSPS) is 12.9. The molecule has 0 spiro atoms. The summed E-state index contributed by atoms with van der Waals surface area (Å²) < 4.78 is 26.7. The van der Waals surface area contributed by atoms with Gasteiger partial charge in [-0.15, -0.1) is 0 Å². The van der Waals surface area contributed by atoms with Crippen LogP contribution in [-0.2, 0) is 6.54 Å². The maximum Gasteiger partial charge on any atom is 0.263 e. The van der Waals surface area contributed by atoms with Crippen molar-refractivity contribution < 1.29 is 13.9 Å². The van der Waals surface area contributed by atoms with Gasteiger partial charge in [-0.25, -0.2) is 8.78 Å². The van der Waals surface area contributed by atoms with Crippen LogP contribution in [0.1, 0.15) is 42.7 Å². The molecule has 1 atom stereocenters. The lowest BCUT2D eigenvalue weighted by atomic mass is 10.0. The Hall–Kier alpha value is -1.75. The second kappa shape index (κ2) is 5.93. The van der Waals surface area contributed by atoms with Crippen LogP contribution in [0.4, 0.5) is 8.78 Å². The van der Waals surface area contributed by atoms with Gasteiger partial charge in [0.2, 0.25) is 0 Å². The summed E-state index contributed by atoms with van der Waals surface area (Å²) >= 11 is 0. The van der Waals surface area contributed by atoms with Crippen LogP contribution in [0.3, 0.4) is 0 Å². The first-order chi connectivity index (χ1) is 9.13. The van der Waals surface area contributed by atoms with E-state index in [2.05, 4.69) is 5.10 Å². The minimum absolute atomic E-state index is 0.0435. The van der Waals surface area contributed by atoms with Crippen LogP contribution in [-0.4, -0.2) is 14.9 Å². The largest absolute Gasteiger partial charge is 0.382 e. The molecule has 1 unspecified atom stereocenters. The van der Waals surface area contributed by atoms with Gasteiger partial charge in [-0.1, -0.05) is 31.2 Å². The highest BCUT2D eigenvalue weighted by Gasteiger charge is 2.16. The molecular formula is C14H16F2N2O. The predicted molar refractivity (Wildman–Crippen MR) is 68.0 cm³/mol. The lowest BCUT2D eigenvalue weighted by Crippen LogP contribution is -2.10. The van der Waals surface area contributed by atoms with Gasteiger partial charge in [-0.2, -0.15) is 5.10 Å². The topological polar surface area (TPSA) is 38.0 Å². The Kier molecular flexibility index (Phi) is 4.27. The minimum Gasteiger partial charge on any atom is -0.382 e. The summed E-state index contributed by atoms with van der Waals surface area (Å²) in [7, 11) is 0. The standard InChI is InChI=1S/C14H16F2N2O/c1-2-9-18-12(7-8-17-18)13(19)10-3-5-11(6-4-10)14(15)16/h3-8,13-14,19H,2,9H2,1H3. The number of nitrogens with zero attached hydrogens (tertiary/aromatic N) is 2. The van der Waals surface area contributed by atoms with E-state index in [1.54, 1.807) is 16.9 Å². The van der Waals surface area contributed by atoms with Crippen molar-refractivity contribution in [1.82, 2.24) is 9.78 Å². The van der Waals surface area contributed by atoms with E-state index in [1.165, 1.54) is 24.3 Å².